The second kappa shape index (κ2) is 8.32. The van der Waals surface area contributed by atoms with Gasteiger partial charge >= 0.3 is 0 Å². The van der Waals surface area contributed by atoms with Crippen molar-refractivity contribution in [3.63, 3.8) is 0 Å². The molecular weight excluding hydrogens is 411 g/mol. The summed E-state index contributed by atoms with van der Waals surface area (Å²) in [7, 11) is 3.40. The molecule has 4 aromatic rings. The number of ether oxygens (including phenoxy) is 1. The van der Waals surface area contributed by atoms with Crippen molar-refractivity contribution in [2.75, 3.05) is 12.4 Å². The summed E-state index contributed by atoms with van der Waals surface area (Å²) in [5.74, 6) is -0.638. The average Bonchev–Trinajstić information content (AvgIpc) is 3.28. The minimum atomic E-state index is -0.352. The Morgan fingerprint density at radius 2 is 2.07 bits per heavy atom. The molecule has 9 heteroatoms. The number of hydrogen-bond donors (Lipinski definition) is 1. The van der Waals surface area contributed by atoms with Gasteiger partial charge < -0.3 is 14.6 Å². The molecule has 2 aromatic carbocycles. The lowest BCUT2D eigenvalue weighted by Crippen LogP contribution is -2.12. The number of fused-ring (bicyclic) bond motifs is 1. The van der Waals surface area contributed by atoms with Crippen molar-refractivity contribution in [1.29, 1.82) is 0 Å². The van der Waals surface area contributed by atoms with Gasteiger partial charge in [0.2, 0.25) is 0 Å². The number of halogens is 1. The van der Waals surface area contributed by atoms with E-state index in [-0.39, 0.29) is 18.3 Å². The maximum absolute atomic E-state index is 14.3. The van der Waals surface area contributed by atoms with Gasteiger partial charge in [0.25, 0.3) is 5.91 Å². The number of carbonyl (C=O) groups is 1. The van der Waals surface area contributed by atoms with Gasteiger partial charge in [0, 0.05) is 40.4 Å². The van der Waals surface area contributed by atoms with Crippen LogP contribution in [0.3, 0.4) is 0 Å². The number of methoxy groups -OCH3 is 1. The van der Waals surface area contributed by atoms with Crippen LogP contribution >= 0.6 is 23.1 Å². The summed E-state index contributed by atoms with van der Waals surface area (Å²) in [6.45, 7) is 0.164. The molecule has 0 atom stereocenters. The highest BCUT2D eigenvalue weighted by Crippen LogP contribution is 2.34. The van der Waals surface area contributed by atoms with Gasteiger partial charge in [-0.1, -0.05) is 6.07 Å². The minimum Gasteiger partial charge on any atom is -0.380 e. The molecule has 0 fully saturated rings. The van der Waals surface area contributed by atoms with Gasteiger partial charge in [0.1, 0.15) is 12.1 Å². The summed E-state index contributed by atoms with van der Waals surface area (Å²) < 4.78 is 22.1. The fraction of sp³-hybridized carbons (Fsp3) is 0.150. The highest BCUT2D eigenvalue weighted by Gasteiger charge is 2.20. The molecule has 0 aliphatic carbocycles. The first-order valence-corrected chi connectivity index (χ1v) is 10.3. The van der Waals surface area contributed by atoms with E-state index >= 15 is 0 Å². The van der Waals surface area contributed by atoms with Gasteiger partial charge in [0.15, 0.2) is 5.16 Å². The van der Waals surface area contributed by atoms with Crippen LogP contribution in [0.4, 0.5) is 10.1 Å². The third kappa shape index (κ3) is 4.02. The van der Waals surface area contributed by atoms with Gasteiger partial charge in [-0.3, -0.25) is 4.79 Å². The van der Waals surface area contributed by atoms with Crippen LogP contribution in [0, 0.1) is 5.82 Å². The Morgan fingerprint density at radius 3 is 2.76 bits per heavy atom. The Bertz CT molecular complexity index is 1170. The number of nitrogens with zero attached hydrogens (tertiary/aromatic N) is 3. The van der Waals surface area contributed by atoms with Crippen LogP contribution in [0.15, 0.2) is 58.8 Å². The molecule has 1 N–H and O–H groups in total. The molecule has 0 unspecified atom stereocenters. The molecule has 0 aliphatic heterocycles. The number of rotatable bonds is 6. The normalized spacial score (nSPS) is 11.1. The predicted molar refractivity (Wildman–Crippen MR) is 112 cm³/mol. The Morgan fingerprint density at radius 1 is 1.28 bits per heavy atom. The number of aryl methyl sites for hydroxylation is 1. The molecule has 0 saturated carbocycles. The zero-order valence-electron chi connectivity index (χ0n) is 15.7. The van der Waals surface area contributed by atoms with E-state index in [9.17, 15) is 9.18 Å². The molecular formula is C20H17FN4O2S2. The Kier molecular flexibility index (Phi) is 5.61. The standard InChI is InChI=1S/C20H17FN4O2S2/c1-25-11-22-24-20(25)28-13-8-6-12(7-9-13)23-19(26)18-14(10-27-2)17-15(21)4-3-5-16(17)29-18/h3-9,11H,10H2,1-2H3,(H,23,26). The molecule has 0 bridgehead atoms. The quantitative estimate of drug-likeness (QED) is 0.481. The van der Waals surface area contributed by atoms with Crippen molar-refractivity contribution in [2.24, 2.45) is 7.05 Å². The summed E-state index contributed by atoms with van der Waals surface area (Å²) in [6, 6.07) is 12.3. The molecule has 0 aliphatic rings. The maximum Gasteiger partial charge on any atom is 0.266 e. The first kappa shape index (κ1) is 19.6. The third-order valence-corrected chi connectivity index (χ3v) is 6.51. The van der Waals surface area contributed by atoms with Gasteiger partial charge in [-0.15, -0.1) is 21.5 Å². The SMILES string of the molecule is COCc1c(C(=O)Nc2ccc(Sc3nncn3C)cc2)sc2cccc(F)c12. The van der Waals surface area contributed by atoms with Crippen LogP contribution < -0.4 is 5.32 Å². The van der Waals surface area contributed by atoms with Crippen molar-refractivity contribution < 1.29 is 13.9 Å². The monoisotopic (exact) mass is 428 g/mol. The Hall–Kier alpha value is -2.75. The van der Waals surface area contributed by atoms with E-state index in [1.165, 1.54) is 36.3 Å². The molecule has 0 radical (unpaired) electrons. The predicted octanol–water partition coefficient (Wildman–Crippen LogP) is 4.72. The fourth-order valence-corrected chi connectivity index (χ4v) is 4.78. The second-order valence-electron chi connectivity index (χ2n) is 6.26. The second-order valence-corrected chi connectivity index (χ2v) is 8.35. The highest BCUT2D eigenvalue weighted by molar-refractivity contribution is 7.99. The zero-order chi connectivity index (χ0) is 20.4. The summed E-state index contributed by atoms with van der Waals surface area (Å²) in [6.07, 6.45) is 1.64. The van der Waals surface area contributed by atoms with Crippen molar-refractivity contribution in [1.82, 2.24) is 14.8 Å². The summed E-state index contributed by atoms with van der Waals surface area (Å²) in [4.78, 5) is 14.3. The lowest BCUT2D eigenvalue weighted by Gasteiger charge is -2.07. The molecule has 148 valence electrons. The van der Waals surface area contributed by atoms with Crippen LogP contribution in [-0.4, -0.2) is 27.8 Å². The number of hydrogen-bond acceptors (Lipinski definition) is 6. The van der Waals surface area contributed by atoms with E-state index in [0.717, 1.165) is 14.8 Å². The Labute approximate surface area is 174 Å². The van der Waals surface area contributed by atoms with Crippen molar-refractivity contribution in [2.45, 2.75) is 16.7 Å². The van der Waals surface area contributed by atoms with Crippen LogP contribution in [0.5, 0.6) is 0 Å². The summed E-state index contributed by atoms with van der Waals surface area (Å²) in [5, 5.41) is 12.0. The lowest BCUT2D eigenvalue weighted by atomic mass is 10.1. The molecule has 0 spiro atoms. The number of anilines is 1. The van der Waals surface area contributed by atoms with Crippen molar-refractivity contribution in [3.05, 3.63) is 65.0 Å². The van der Waals surface area contributed by atoms with Crippen molar-refractivity contribution >= 4 is 44.8 Å². The van der Waals surface area contributed by atoms with Crippen molar-refractivity contribution in [3.8, 4) is 0 Å². The van der Waals surface area contributed by atoms with Crippen LogP contribution in [0.25, 0.3) is 10.1 Å². The first-order chi connectivity index (χ1) is 14.1. The van der Waals surface area contributed by atoms with E-state index < -0.39 is 0 Å². The number of carbonyl (C=O) groups excluding carboxylic acids is 1. The number of amides is 1. The maximum atomic E-state index is 14.3. The van der Waals surface area contributed by atoms with E-state index in [1.807, 2.05) is 35.9 Å². The third-order valence-electron chi connectivity index (χ3n) is 4.25. The largest absolute Gasteiger partial charge is 0.380 e. The molecule has 1 amide bonds. The highest BCUT2D eigenvalue weighted by atomic mass is 32.2. The first-order valence-electron chi connectivity index (χ1n) is 8.69. The van der Waals surface area contributed by atoms with E-state index in [1.54, 1.807) is 18.5 Å². The molecule has 29 heavy (non-hydrogen) atoms. The summed E-state index contributed by atoms with van der Waals surface area (Å²) >= 11 is 2.74. The van der Waals surface area contributed by atoms with E-state index in [4.69, 9.17) is 4.74 Å². The molecule has 0 saturated heterocycles. The minimum absolute atomic E-state index is 0.164. The number of nitrogens with one attached hydrogen (secondary N) is 1. The van der Waals surface area contributed by atoms with E-state index in [0.29, 0.717) is 21.5 Å². The molecule has 2 aromatic heterocycles. The Balaban J connectivity index is 1.56. The number of thiophene rings is 1. The number of aromatic nitrogens is 3. The van der Waals surface area contributed by atoms with E-state index in [2.05, 4.69) is 15.5 Å². The van der Waals surface area contributed by atoms with Crippen LogP contribution in [-0.2, 0) is 18.4 Å². The van der Waals surface area contributed by atoms with Crippen LogP contribution in [0.1, 0.15) is 15.2 Å². The van der Waals surface area contributed by atoms with Gasteiger partial charge in [0.05, 0.1) is 11.5 Å². The zero-order valence-corrected chi connectivity index (χ0v) is 17.3. The smallest absolute Gasteiger partial charge is 0.266 e. The lowest BCUT2D eigenvalue weighted by molar-refractivity contribution is 0.102. The van der Waals surface area contributed by atoms with Gasteiger partial charge in [-0.25, -0.2) is 4.39 Å². The topological polar surface area (TPSA) is 69.0 Å². The molecule has 4 rings (SSSR count). The number of benzene rings is 2. The van der Waals surface area contributed by atoms with Gasteiger partial charge in [-0.2, -0.15) is 0 Å². The summed E-state index contributed by atoms with van der Waals surface area (Å²) in [5.41, 5.74) is 1.22. The van der Waals surface area contributed by atoms with Crippen LogP contribution in [0.2, 0.25) is 0 Å². The fourth-order valence-electron chi connectivity index (χ4n) is 2.90. The average molecular weight is 429 g/mol. The van der Waals surface area contributed by atoms with Gasteiger partial charge in [-0.05, 0) is 48.2 Å². The molecule has 2 heterocycles. The molecule has 6 nitrogen and oxygen atoms in total.